The fourth-order valence-electron chi connectivity index (χ4n) is 2.32. The number of amides is 1. The van der Waals surface area contributed by atoms with E-state index in [-0.39, 0.29) is 5.91 Å². The maximum atomic E-state index is 12.3. The molecule has 1 aromatic carbocycles. The third kappa shape index (κ3) is 2.86. The van der Waals surface area contributed by atoms with Crippen molar-refractivity contribution in [3.05, 3.63) is 50.3 Å². The zero-order valence-corrected chi connectivity index (χ0v) is 13.5. The summed E-state index contributed by atoms with van der Waals surface area (Å²) in [5.41, 5.74) is 2.26. The Balaban J connectivity index is 1.88. The molecule has 0 spiro atoms. The Morgan fingerprint density at radius 2 is 2.14 bits per heavy atom. The van der Waals surface area contributed by atoms with Crippen LogP contribution in [0.2, 0.25) is 0 Å². The second-order valence-corrected chi connectivity index (χ2v) is 6.73. The summed E-state index contributed by atoms with van der Waals surface area (Å²) in [6.45, 7) is 1.64. The first-order valence-electron chi connectivity index (χ1n) is 6.51. The lowest BCUT2D eigenvalue weighted by atomic mass is 10.0. The van der Waals surface area contributed by atoms with Crippen molar-refractivity contribution in [1.82, 2.24) is 5.32 Å². The van der Waals surface area contributed by atoms with Crippen LogP contribution in [0.4, 0.5) is 5.00 Å². The Morgan fingerprint density at radius 1 is 1.38 bits per heavy atom. The molecule has 0 fully saturated rings. The number of anilines is 1. The van der Waals surface area contributed by atoms with Crippen LogP contribution in [0.15, 0.2) is 28.7 Å². The summed E-state index contributed by atoms with van der Waals surface area (Å²) in [5.74, 6) is -0.189. The van der Waals surface area contributed by atoms with Crippen LogP contribution >= 0.6 is 27.3 Å². The average Bonchev–Trinajstić information content (AvgIpc) is 2.84. The largest absolute Gasteiger partial charge is 0.312 e. The van der Waals surface area contributed by atoms with E-state index >= 15 is 0 Å². The molecule has 0 bridgehead atoms. The summed E-state index contributed by atoms with van der Waals surface area (Å²) in [4.78, 5) is 13.4. The molecule has 2 heterocycles. The standard InChI is InChI=1S/C15H12BrN3OS/c16-10-3-1-9(2-4-10)14(20)19-15-12(7-17)11-5-6-18-8-13(11)21-15/h1-4,18H,5-6,8H2,(H,19,20). The maximum Gasteiger partial charge on any atom is 0.256 e. The number of hydrogen-bond donors (Lipinski definition) is 2. The highest BCUT2D eigenvalue weighted by molar-refractivity contribution is 9.10. The van der Waals surface area contributed by atoms with Crippen molar-refractivity contribution in [3.63, 3.8) is 0 Å². The summed E-state index contributed by atoms with van der Waals surface area (Å²) in [6.07, 6.45) is 0.836. The number of nitrogens with one attached hydrogen (secondary N) is 2. The molecule has 4 nitrogen and oxygen atoms in total. The van der Waals surface area contributed by atoms with Gasteiger partial charge in [0.1, 0.15) is 11.1 Å². The zero-order valence-electron chi connectivity index (χ0n) is 11.1. The van der Waals surface area contributed by atoms with E-state index in [4.69, 9.17) is 0 Å². The summed E-state index contributed by atoms with van der Waals surface area (Å²) < 4.78 is 0.925. The van der Waals surface area contributed by atoms with Crippen LogP contribution in [0.5, 0.6) is 0 Å². The number of rotatable bonds is 2. The number of fused-ring (bicyclic) bond motifs is 1. The molecule has 1 aliphatic rings. The lowest BCUT2D eigenvalue weighted by Crippen LogP contribution is -2.22. The van der Waals surface area contributed by atoms with E-state index < -0.39 is 0 Å². The van der Waals surface area contributed by atoms with Gasteiger partial charge in [-0.05, 0) is 42.8 Å². The normalized spacial score (nSPS) is 13.3. The Hall–Kier alpha value is -1.68. The smallest absolute Gasteiger partial charge is 0.256 e. The van der Waals surface area contributed by atoms with Crippen molar-refractivity contribution in [3.8, 4) is 6.07 Å². The van der Waals surface area contributed by atoms with Crippen LogP contribution in [0.1, 0.15) is 26.4 Å². The van der Waals surface area contributed by atoms with Crippen LogP contribution in [0, 0.1) is 11.3 Å². The number of hydrogen-bond acceptors (Lipinski definition) is 4. The first-order valence-corrected chi connectivity index (χ1v) is 8.12. The first-order chi connectivity index (χ1) is 10.2. The molecule has 1 amide bonds. The lowest BCUT2D eigenvalue weighted by Gasteiger charge is -2.11. The van der Waals surface area contributed by atoms with Crippen molar-refractivity contribution in [2.45, 2.75) is 13.0 Å². The summed E-state index contributed by atoms with van der Waals surface area (Å²) in [7, 11) is 0. The SMILES string of the molecule is N#Cc1c(NC(=O)c2ccc(Br)cc2)sc2c1CCNC2. The van der Waals surface area contributed by atoms with E-state index in [1.807, 2.05) is 12.1 Å². The van der Waals surface area contributed by atoms with Crippen LogP contribution in [-0.2, 0) is 13.0 Å². The number of nitrogens with zero attached hydrogens (tertiary/aromatic N) is 1. The molecule has 2 N–H and O–H groups in total. The summed E-state index contributed by atoms with van der Waals surface area (Å²) in [5, 5.41) is 16.2. The third-order valence-electron chi connectivity index (χ3n) is 3.37. The quantitative estimate of drug-likeness (QED) is 0.862. The molecule has 0 aliphatic carbocycles. The van der Waals surface area contributed by atoms with Gasteiger partial charge in [0.2, 0.25) is 0 Å². The molecule has 0 saturated heterocycles. The molecule has 1 aromatic heterocycles. The highest BCUT2D eigenvalue weighted by Gasteiger charge is 2.21. The van der Waals surface area contributed by atoms with E-state index in [1.54, 1.807) is 12.1 Å². The second-order valence-electron chi connectivity index (χ2n) is 4.71. The van der Waals surface area contributed by atoms with Gasteiger partial charge in [0, 0.05) is 21.5 Å². The minimum atomic E-state index is -0.189. The molecule has 0 radical (unpaired) electrons. The minimum Gasteiger partial charge on any atom is -0.312 e. The fraction of sp³-hybridized carbons (Fsp3) is 0.200. The number of carbonyl (C=O) groups excluding carboxylic acids is 1. The molecule has 106 valence electrons. The number of carbonyl (C=O) groups is 1. The Kier molecular flexibility index (Phi) is 4.06. The topological polar surface area (TPSA) is 64.9 Å². The number of thiophene rings is 1. The van der Waals surface area contributed by atoms with Crippen LogP contribution in [0.25, 0.3) is 0 Å². The van der Waals surface area contributed by atoms with Gasteiger partial charge in [-0.3, -0.25) is 4.79 Å². The molecule has 3 rings (SSSR count). The third-order valence-corrected chi connectivity index (χ3v) is 5.05. The van der Waals surface area contributed by atoms with Gasteiger partial charge >= 0.3 is 0 Å². The number of nitriles is 1. The van der Waals surface area contributed by atoms with Crippen LogP contribution in [0.3, 0.4) is 0 Å². The molecule has 2 aromatic rings. The fourth-order valence-corrected chi connectivity index (χ4v) is 3.74. The highest BCUT2D eigenvalue weighted by atomic mass is 79.9. The molecule has 21 heavy (non-hydrogen) atoms. The van der Waals surface area contributed by atoms with Gasteiger partial charge in [0.25, 0.3) is 5.91 Å². The number of halogens is 1. The predicted molar refractivity (Wildman–Crippen MR) is 86.5 cm³/mol. The summed E-state index contributed by atoms with van der Waals surface area (Å²) >= 11 is 4.83. The van der Waals surface area contributed by atoms with Gasteiger partial charge in [-0.25, -0.2) is 0 Å². The highest BCUT2D eigenvalue weighted by Crippen LogP contribution is 2.35. The van der Waals surface area contributed by atoms with Gasteiger partial charge in [-0.2, -0.15) is 5.26 Å². The monoisotopic (exact) mass is 361 g/mol. The van der Waals surface area contributed by atoms with Gasteiger partial charge in [-0.1, -0.05) is 15.9 Å². The first kappa shape index (κ1) is 14.3. The predicted octanol–water partition coefficient (Wildman–Crippen LogP) is 3.28. The van der Waals surface area contributed by atoms with Crippen molar-refractivity contribution < 1.29 is 4.79 Å². The van der Waals surface area contributed by atoms with Crippen molar-refractivity contribution >= 4 is 38.2 Å². The zero-order chi connectivity index (χ0) is 14.8. The van der Waals surface area contributed by atoms with Crippen molar-refractivity contribution in [1.29, 1.82) is 5.26 Å². The molecule has 0 unspecified atom stereocenters. The molecule has 0 saturated carbocycles. The number of benzene rings is 1. The molecular weight excluding hydrogens is 350 g/mol. The average molecular weight is 362 g/mol. The van der Waals surface area contributed by atoms with Crippen molar-refractivity contribution in [2.24, 2.45) is 0 Å². The van der Waals surface area contributed by atoms with E-state index in [0.717, 1.165) is 34.4 Å². The molecule has 0 atom stereocenters. The van der Waals surface area contributed by atoms with Gasteiger partial charge in [-0.15, -0.1) is 11.3 Å². The Bertz CT molecular complexity index is 731. The maximum absolute atomic E-state index is 12.3. The van der Waals surface area contributed by atoms with Crippen LogP contribution < -0.4 is 10.6 Å². The van der Waals surface area contributed by atoms with Crippen molar-refractivity contribution in [2.75, 3.05) is 11.9 Å². The minimum absolute atomic E-state index is 0.189. The van der Waals surface area contributed by atoms with E-state index in [1.165, 1.54) is 11.3 Å². The molecule has 1 aliphatic heterocycles. The van der Waals surface area contributed by atoms with Gasteiger partial charge in [0.15, 0.2) is 0 Å². The summed E-state index contributed by atoms with van der Waals surface area (Å²) in [6, 6.07) is 9.38. The van der Waals surface area contributed by atoms with Gasteiger partial charge in [0.05, 0.1) is 5.56 Å². The Morgan fingerprint density at radius 3 is 2.86 bits per heavy atom. The van der Waals surface area contributed by atoms with Crippen LogP contribution in [-0.4, -0.2) is 12.5 Å². The molecule has 6 heteroatoms. The van der Waals surface area contributed by atoms with E-state index in [2.05, 4.69) is 32.6 Å². The van der Waals surface area contributed by atoms with E-state index in [0.29, 0.717) is 16.1 Å². The molecular formula is C15H12BrN3OS. The van der Waals surface area contributed by atoms with E-state index in [9.17, 15) is 10.1 Å². The second kappa shape index (κ2) is 5.98. The lowest BCUT2D eigenvalue weighted by molar-refractivity contribution is 0.102. The Labute approximate surface area is 134 Å². The van der Waals surface area contributed by atoms with Gasteiger partial charge < -0.3 is 10.6 Å².